The van der Waals surface area contributed by atoms with E-state index in [2.05, 4.69) is 22.5 Å². The molecule has 2 N–H and O–H groups in total. The molecule has 44 heavy (non-hydrogen) atoms. The lowest BCUT2D eigenvalue weighted by molar-refractivity contribution is 0.0948. The molecule has 2 saturated heterocycles. The number of benzene rings is 3. The van der Waals surface area contributed by atoms with E-state index in [0.29, 0.717) is 46.8 Å². The summed E-state index contributed by atoms with van der Waals surface area (Å²) in [6, 6.07) is 13.6. The Morgan fingerprint density at radius 3 is 2.73 bits per heavy atom. The van der Waals surface area contributed by atoms with Crippen LogP contribution in [-0.4, -0.2) is 54.1 Å². The van der Waals surface area contributed by atoms with Crippen molar-refractivity contribution in [2.75, 3.05) is 32.7 Å². The molecule has 4 heterocycles. The van der Waals surface area contributed by atoms with Crippen LogP contribution in [0.25, 0.3) is 33.4 Å². The van der Waals surface area contributed by atoms with E-state index in [4.69, 9.17) is 4.74 Å². The highest BCUT2D eigenvalue weighted by atomic mass is 19.1. The van der Waals surface area contributed by atoms with Crippen LogP contribution in [0.15, 0.2) is 59.5 Å². The Morgan fingerprint density at radius 1 is 1.14 bits per heavy atom. The van der Waals surface area contributed by atoms with Gasteiger partial charge in [-0.2, -0.15) is 0 Å². The van der Waals surface area contributed by atoms with E-state index in [1.807, 2.05) is 47.0 Å². The second-order valence-corrected chi connectivity index (χ2v) is 12.3. The minimum Gasteiger partial charge on any atom is -0.452 e. The van der Waals surface area contributed by atoms with Crippen LogP contribution in [-0.2, 0) is 0 Å². The zero-order chi connectivity index (χ0) is 30.2. The normalized spacial score (nSPS) is 19.9. The van der Waals surface area contributed by atoms with Crippen LogP contribution >= 0.6 is 0 Å². The summed E-state index contributed by atoms with van der Waals surface area (Å²) in [6.45, 7) is 6.47. The highest BCUT2D eigenvalue weighted by Crippen LogP contribution is 2.44. The molecule has 2 atom stereocenters. The van der Waals surface area contributed by atoms with Crippen molar-refractivity contribution in [2.45, 2.75) is 51.5 Å². The third-order valence-corrected chi connectivity index (χ3v) is 9.58. The summed E-state index contributed by atoms with van der Waals surface area (Å²) in [6.07, 6.45) is 11.9. The molecule has 0 radical (unpaired) electrons. The van der Waals surface area contributed by atoms with Gasteiger partial charge in [-0.1, -0.05) is 43.3 Å². The number of piperidine rings is 1. The second-order valence-electron chi connectivity index (χ2n) is 12.3. The smallest absolute Gasteiger partial charge is 0.256 e. The van der Waals surface area contributed by atoms with Gasteiger partial charge >= 0.3 is 0 Å². The molecule has 0 aliphatic carbocycles. The number of nitrogens with zero attached hydrogens (tertiary/aromatic N) is 2. The number of allylic oxidation sites excluding steroid dienone is 1. The Hall–Kier alpha value is -4.01. The van der Waals surface area contributed by atoms with Crippen LogP contribution in [0.3, 0.4) is 0 Å². The van der Waals surface area contributed by atoms with Crippen molar-refractivity contribution in [1.29, 1.82) is 0 Å². The molecule has 1 aromatic heterocycles. The van der Waals surface area contributed by atoms with Gasteiger partial charge in [0.1, 0.15) is 16.9 Å². The molecule has 3 aliphatic rings. The van der Waals surface area contributed by atoms with Gasteiger partial charge in [0.25, 0.3) is 5.91 Å². The van der Waals surface area contributed by atoms with Gasteiger partial charge in [-0.05, 0) is 93.0 Å². The van der Waals surface area contributed by atoms with Gasteiger partial charge in [-0.25, -0.2) is 4.39 Å². The SMILES string of the molecule is CCC1NCCCC1C/C=C/c1c(F)cc2c(=O)c(C(=O)NCCN3CCCC3)cn3c2c1Oc1cc2ccccc2cc1-3. The van der Waals surface area contributed by atoms with E-state index in [-0.39, 0.29) is 10.9 Å². The number of ether oxygens (including phenoxy) is 1. The van der Waals surface area contributed by atoms with Crippen molar-refractivity contribution in [3.05, 3.63) is 81.9 Å². The number of pyridine rings is 1. The van der Waals surface area contributed by atoms with Crippen molar-refractivity contribution >= 4 is 33.7 Å². The van der Waals surface area contributed by atoms with Crippen molar-refractivity contribution < 1.29 is 13.9 Å². The molecule has 4 aromatic rings. The zero-order valence-electron chi connectivity index (χ0n) is 25.2. The highest BCUT2D eigenvalue weighted by Gasteiger charge is 2.28. The van der Waals surface area contributed by atoms with Crippen molar-refractivity contribution in [3.63, 3.8) is 0 Å². The summed E-state index contributed by atoms with van der Waals surface area (Å²) in [7, 11) is 0. The number of likely N-dealkylation sites (tertiary alicyclic amines) is 1. The number of hydrogen-bond acceptors (Lipinski definition) is 5. The van der Waals surface area contributed by atoms with Crippen molar-refractivity contribution in [3.8, 4) is 17.2 Å². The molecule has 1 amide bonds. The number of carbonyl (C=O) groups excluding carboxylic acids is 1. The average molecular weight is 595 g/mol. The van der Waals surface area contributed by atoms with Crippen molar-refractivity contribution in [2.24, 2.45) is 5.92 Å². The number of rotatable bonds is 8. The topological polar surface area (TPSA) is 75.6 Å². The standard InChI is InChI=1S/C36H39FN4O3/c1-2-30-23(12-8-14-38-30)11-7-13-26-29(37)21-27-33-35(26)44-32-20-25-10-4-3-9-24(25)19-31(32)41(33)22-28(34(27)42)36(43)39-15-18-40-16-5-6-17-40/h3-4,7,9-10,13,19-23,30,38H,2,5-6,8,11-12,14-18H2,1H3,(H,39,43)/b13-7+. The van der Waals surface area contributed by atoms with E-state index < -0.39 is 17.2 Å². The molecule has 2 unspecified atom stereocenters. The summed E-state index contributed by atoms with van der Waals surface area (Å²) in [5.74, 6) is 0.334. The van der Waals surface area contributed by atoms with Gasteiger partial charge in [0, 0.05) is 25.3 Å². The molecule has 0 spiro atoms. The number of nitrogens with one attached hydrogen (secondary N) is 2. The molecule has 3 aliphatic heterocycles. The maximum atomic E-state index is 16.0. The van der Waals surface area contributed by atoms with E-state index in [1.54, 1.807) is 12.3 Å². The van der Waals surface area contributed by atoms with Crippen LogP contribution in [0.2, 0.25) is 0 Å². The van der Waals surface area contributed by atoms with E-state index >= 15 is 4.39 Å². The fourth-order valence-electron chi connectivity index (χ4n) is 7.21. The number of amides is 1. The number of aromatic nitrogens is 1. The van der Waals surface area contributed by atoms with Crippen molar-refractivity contribution in [1.82, 2.24) is 20.1 Å². The molecule has 3 aromatic carbocycles. The van der Waals surface area contributed by atoms with Crippen LogP contribution in [0.1, 0.15) is 61.4 Å². The van der Waals surface area contributed by atoms with Crippen LogP contribution in [0, 0.1) is 11.7 Å². The quantitative estimate of drug-likeness (QED) is 0.218. The van der Waals surface area contributed by atoms with E-state index in [1.165, 1.54) is 18.9 Å². The summed E-state index contributed by atoms with van der Waals surface area (Å²) >= 11 is 0. The molecular formula is C36H39FN4O3. The fourth-order valence-corrected chi connectivity index (χ4v) is 7.21. The number of hydrogen-bond donors (Lipinski definition) is 2. The first-order valence-electron chi connectivity index (χ1n) is 16.0. The zero-order valence-corrected chi connectivity index (χ0v) is 25.2. The van der Waals surface area contributed by atoms with Gasteiger partial charge in [0.2, 0.25) is 5.43 Å². The van der Waals surface area contributed by atoms with E-state index in [9.17, 15) is 9.59 Å². The first kappa shape index (κ1) is 28.7. The molecule has 7 rings (SSSR count). The Balaban J connectivity index is 1.31. The first-order valence-corrected chi connectivity index (χ1v) is 16.0. The van der Waals surface area contributed by atoms with Gasteiger partial charge in [-0.15, -0.1) is 0 Å². The van der Waals surface area contributed by atoms with Crippen LogP contribution in [0.4, 0.5) is 4.39 Å². The van der Waals surface area contributed by atoms with E-state index in [0.717, 1.165) is 62.6 Å². The molecule has 8 heteroatoms. The number of halogens is 1. The third-order valence-electron chi connectivity index (χ3n) is 9.58. The van der Waals surface area contributed by atoms with Gasteiger partial charge in [0.15, 0.2) is 11.5 Å². The molecule has 7 nitrogen and oxygen atoms in total. The fraction of sp³-hybridized carbons (Fsp3) is 0.389. The lowest BCUT2D eigenvalue weighted by Gasteiger charge is -2.31. The predicted molar refractivity (Wildman–Crippen MR) is 174 cm³/mol. The molecule has 0 saturated carbocycles. The summed E-state index contributed by atoms with van der Waals surface area (Å²) in [4.78, 5) is 29.5. The Labute approximate surface area is 256 Å². The monoisotopic (exact) mass is 594 g/mol. The van der Waals surface area contributed by atoms with Gasteiger partial charge < -0.3 is 24.8 Å². The Morgan fingerprint density at radius 2 is 1.93 bits per heavy atom. The molecule has 0 bridgehead atoms. The maximum absolute atomic E-state index is 16.0. The van der Waals surface area contributed by atoms with Gasteiger partial charge in [-0.3, -0.25) is 9.59 Å². The molecular weight excluding hydrogens is 555 g/mol. The molecule has 228 valence electrons. The van der Waals surface area contributed by atoms with Gasteiger partial charge in [0.05, 0.1) is 16.6 Å². The van der Waals surface area contributed by atoms with Crippen LogP contribution < -0.4 is 20.8 Å². The first-order chi connectivity index (χ1) is 21.5. The lowest BCUT2D eigenvalue weighted by atomic mass is 9.86. The Kier molecular flexibility index (Phi) is 7.95. The van der Waals surface area contributed by atoms with Crippen LogP contribution in [0.5, 0.6) is 11.5 Å². The summed E-state index contributed by atoms with van der Waals surface area (Å²) in [5.41, 5.74) is 0.969. The lowest BCUT2D eigenvalue weighted by Crippen LogP contribution is -2.40. The maximum Gasteiger partial charge on any atom is 0.256 e. The minimum absolute atomic E-state index is 0.0102. The summed E-state index contributed by atoms with van der Waals surface area (Å²) in [5, 5.41) is 8.64. The second kappa shape index (κ2) is 12.2. The molecule has 2 fully saturated rings. The largest absolute Gasteiger partial charge is 0.452 e. The minimum atomic E-state index is -0.544. The Bertz CT molecular complexity index is 1820. The predicted octanol–water partition coefficient (Wildman–Crippen LogP) is 6.40. The highest BCUT2D eigenvalue weighted by molar-refractivity contribution is 6.01. The number of carbonyl (C=O) groups is 1. The number of fused-ring (bicyclic) bond motifs is 3. The third kappa shape index (κ3) is 5.30. The average Bonchev–Trinajstić information content (AvgIpc) is 3.56. The summed E-state index contributed by atoms with van der Waals surface area (Å²) < 4.78 is 24.2.